The smallest absolute Gasteiger partial charge is 0.00258 e. The number of benzene rings is 4. The van der Waals surface area contributed by atoms with Gasteiger partial charge in [-0.25, -0.2) is 0 Å². The number of hydrogen-bond donors (Lipinski definition) is 0. The Balaban J connectivity index is -0.000000397. The second-order valence-corrected chi connectivity index (χ2v) is 5.50. The van der Waals surface area contributed by atoms with Gasteiger partial charge in [0.25, 0.3) is 0 Å². The molecule has 0 saturated carbocycles. The predicted octanol–water partition coefficient (Wildman–Crippen LogP) is 10.9. The van der Waals surface area contributed by atoms with Gasteiger partial charge in [0, 0.05) is 0 Å². The van der Waals surface area contributed by atoms with E-state index in [1.165, 1.54) is 21.9 Å². The Morgan fingerprint density at radius 1 is 0.344 bits per heavy atom. The largest absolute Gasteiger partial charge is 0.0776 e. The molecule has 0 nitrogen and oxygen atoms in total. The lowest BCUT2D eigenvalue weighted by atomic mass is 10.1. The standard InChI is InChI=1S/C13H12.C10H8.4C2H6.CH4/c1-3-7-12(8-4-1)11-13-9-5-2-6-10-13;1-2-6-10-8-4-3-7-9(10)5-1;4*1-2;/h1-10H,11H2;1-8H;4*1-2H3;1H4. The fraction of sp³-hybridized carbons (Fsp3) is 0.312. The average Bonchev–Trinajstić information content (AvgIpc) is 2.90. The Bertz CT molecular complexity index is 730. The third-order valence-electron chi connectivity index (χ3n) is 3.75. The van der Waals surface area contributed by atoms with Gasteiger partial charge in [0.15, 0.2) is 0 Å². The van der Waals surface area contributed by atoms with Crippen molar-refractivity contribution in [2.75, 3.05) is 0 Å². The monoisotopic (exact) mass is 432 g/mol. The average molecular weight is 433 g/mol. The summed E-state index contributed by atoms with van der Waals surface area (Å²) >= 11 is 0. The molecule has 0 fully saturated rings. The fourth-order valence-corrected chi connectivity index (χ4v) is 2.56. The lowest BCUT2D eigenvalue weighted by Gasteiger charge is -2.00. The van der Waals surface area contributed by atoms with Crippen LogP contribution in [0.2, 0.25) is 0 Å². The predicted molar refractivity (Wildman–Crippen MR) is 152 cm³/mol. The van der Waals surface area contributed by atoms with E-state index in [1.807, 2.05) is 55.4 Å². The molecular weight excluding hydrogens is 384 g/mol. The Morgan fingerprint density at radius 2 is 0.562 bits per heavy atom. The SMILES string of the molecule is C.CC.CC.CC.CC.c1ccc(Cc2ccccc2)cc1.c1ccc2ccccc2c1. The van der Waals surface area contributed by atoms with E-state index in [1.54, 1.807) is 0 Å². The van der Waals surface area contributed by atoms with E-state index in [-0.39, 0.29) is 7.43 Å². The van der Waals surface area contributed by atoms with Crippen LogP contribution in [-0.2, 0) is 6.42 Å². The minimum Gasteiger partial charge on any atom is -0.0776 e. The maximum Gasteiger partial charge on any atom is -0.00258 e. The normalized spacial score (nSPS) is 7.88. The van der Waals surface area contributed by atoms with Gasteiger partial charge in [0.05, 0.1) is 0 Å². The first kappa shape index (κ1) is 33.8. The summed E-state index contributed by atoms with van der Waals surface area (Å²) in [6.45, 7) is 16.0. The van der Waals surface area contributed by atoms with Crippen LogP contribution in [0.3, 0.4) is 0 Å². The first-order valence-electron chi connectivity index (χ1n) is 11.9. The van der Waals surface area contributed by atoms with Gasteiger partial charge in [0.1, 0.15) is 0 Å². The van der Waals surface area contributed by atoms with Crippen molar-refractivity contribution in [3.63, 3.8) is 0 Å². The van der Waals surface area contributed by atoms with Crippen molar-refractivity contribution < 1.29 is 0 Å². The van der Waals surface area contributed by atoms with Gasteiger partial charge in [-0.1, -0.05) is 172 Å². The van der Waals surface area contributed by atoms with E-state index in [9.17, 15) is 0 Å². The fourth-order valence-electron chi connectivity index (χ4n) is 2.56. The van der Waals surface area contributed by atoms with Gasteiger partial charge in [-0.05, 0) is 28.3 Å². The van der Waals surface area contributed by atoms with Crippen molar-refractivity contribution >= 4 is 10.8 Å². The number of rotatable bonds is 2. The number of fused-ring (bicyclic) bond motifs is 1. The minimum absolute atomic E-state index is 0. The van der Waals surface area contributed by atoms with Crippen molar-refractivity contribution in [3.05, 3.63) is 120 Å². The number of hydrogen-bond acceptors (Lipinski definition) is 0. The third kappa shape index (κ3) is 15.0. The topological polar surface area (TPSA) is 0 Å². The van der Waals surface area contributed by atoms with Crippen molar-refractivity contribution in [3.8, 4) is 0 Å². The Hall–Kier alpha value is -2.86. The van der Waals surface area contributed by atoms with Crippen molar-refractivity contribution in [2.45, 2.75) is 69.2 Å². The molecular formula is C32H48. The molecule has 176 valence electrons. The second-order valence-electron chi connectivity index (χ2n) is 5.50. The molecule has 0 spiro atoms. The van der Waals surface area contributed by atoms with Crippen LogP contribution in [0.1, 0.15) is 73.9 Å². The summed E-state index contributed by atoms with van der Waals surface area (Å²) in [5, 5.41) is 2.62. The van der Waals surface area contributed by atoms with E-state index in [0.29, 0.717) is 0 Å². The Morgan fingerprint density at radius 3 is 0.812 bits per heavy atom. The van der Waals surface area contributed by atoms with Gasteiger partial charge in [-0.15, -0.1) is 0 Å². The molecule has 0 heterocycles. The molecule has 0 atom stereocenters. The van der Waals surface area contributed by atoms with Gasteiger partial charge >= 0.3 is 0 Å². The first-order chi connectivity index (χ1) is 15.4. The summed E-state index contributed by atoms with van der Waals surface area (Å²) in [5.41, 5.74) is 2.74. The van der Waals surface area contributed by atoms with Crippen LogP contribution in [0.25, 0.3) is 10.8 Å². The molecule has 0 aliphatic rings. The zero-order valence-corrected chi connectivity index (χ0v) is 21.1. The molecule has 4 aromatic rings. The maximum absolute atomic E-state index is 2.16. The van der Waals surface area contributed by atoms with E-state index < -0.39 is 0 Å². The molecule has 4 aromatic carbocycles. The molecule has 0 aliphatic carbocycles. The highest BCUT2D eigenvalue weighted by Gasteiger charge is 1.92. The molecule has 32 heavy (non-hydrogen) atoms. The lowest BCUT2D eigenvalue weighted by molar-refractivity contribution is 1.19. The van der Waals surface area contributed by atoms with Crippen LogP contribution in [0.4, 0.5) is 0 Å². The van der Waals surface area contributed by atoms with Gasteiger partial charge < -0.3 is 0 Å². The quantitative estimate of drug-likeness (QED) is 0.295. The molecule has 0 heteroatoms. The van der Waals surface area contributed by atoms with Crippen molar-refractivity contribution in [1.29, 1.82) is 0 Å². The third-order valence-corrected chi connectivity index (χ3v) is 3.75. The van der Waals surface area contributed by atoms with E-state index in [4.69, 9.17) is 0 Å². The summed E-state index contributed by atoms with van der Waals surface area (Å²) in [7, 11) is 0. The van der Waals surface area contributed by atoms with Crippen LogP contribution in [0.15, 0.2) is 109 Å². The molecule has 0 bridgehead atoms. The summed E-state index contributed by atoms with van der Waals surface area (Å²) in [6.07, 6.45) is 1.03. The Kier molecular flexibility index (Phi) is 27.6. The maximum atomic E-state index is 2.16. The van der Waals surface area contributed by atoms with E-state index in [0.717, 1.165) is 6.42 Å². The highest BCUT2D eigenvalue weighted by atomic mass is 14.0. The van der Waals surface area contributed by atoms with Crippen LogP contribution >= 0.6 is 0 Å². The molecule has 0 N–H and O–H groups in total. The first-order valence-corrected chi connectivity index (χ1v) is 11.9. The van der Waals surface area contributed by atoms with Crippen molar-refractivity contribution in [1.82, 2.24) is 0 Å². The van der Waals surface area contributed by atoms with Crippen LogP contribution in [0, 0.1) is 0 Å². The Labute approximate surface area is 200 Å². The van der Waals surface area contributed by atoms with Crippen LogP contribution in [0.5, 0.6) is 0 Å². The minimum atomic E-state index is 0. The second kappa shape index (κ2) is 26.2. The molecule has 0 radical (unpaired) electrons. The van der Waals surface area contributed by atoms with Crippen LogP contribution in [-0.4, -0.2) is 0 Å². The molecule has 0 unspecified atom stereocenters. The zero-order chi connectivity index (χ0) is 23.7. The van der Waals surface area contributed by atoms with Gasteiger partial charge in [-0.2, -0.15) is 0 Å². The summed E-state index contributed by atoms with van der Waals surface area (Å²) in [5.74, 6) is 0. The molecule has 0 saturated heterocycles. The van der Waals surface area contributed by atoms with Crippen molar-refractivity contribution in [2.24, 2.45) is 0 Å². The van der Waals surface area contributed by atoms with Gasteiger partial charge in [0.2, 0.25) is 0 Å². The summed E-state index contributed by atoms with van der Waals surface area (Å²) in [4.78, 5) is 0. The zero-order valence-electron chi connectivity index (χ0n) is 21.1. The molecule has 0 amide bonds. The lowest BCUT2D eigenvalue weighted by Crippen LogP contribution is -1.85. The summed E-state index contributed by atoms with van der Waals surface area (Å²) in [6, 6.07) is 37.8. The van der Waals surface area contributed by atoms with Crippen LogP contribution < -0.4 is 0 Å². The molecule has 0 aliphatic heterocycles. The van der Waals surface area contributed by atoms with Gasteiger partial charge in [-0.3, -0.25) is 0 Å². The highest BCUT2D eigenvalue weighted by molar-refractivity contribution is 5.82. The van der Waals surface area contributed by atoms with E-state index >= 15 is 0 Å². The highest BCUT2D eigenvalue weighted by Crippen LogP contribution is 2.11. The summed E-state index contributed by atoms with van der Waals surface area (Å²) < 4.78 is 0. The molecule has 4 rings (SSSR count). The van der Waals surface area contributed by atoms with E-state index in [2.05, 4.69) is 109 Å². The molecule has 0 aromatic heterocycles.